The number of methoxy groups -OCH3 is 1. The predicted molar refractivity (Wildman–Crippen MR) is 184 cm³/mol. The third kappa shape index (κ3) is 8.92. The van der Waals surface area contributed by atoms with Crippen LogP contribution in [-0.4, -0.2) is 102 Å². The molecule has 48 heavy (non-hydrogen) atoms. The first-order valence-electron chi connectivity index (χ1n) is 16.1. The highest BCUT2D eigenvalue weighted by molar-refractivity contribution is 7.93. The second kappa shape index (κ2) is 16.4. The zero-order valence-corrected chi connectivity index (χ0v) is 30.2. The molecule has 0 aromatic heterocycles. The number of ether oxygens (including phenoxy) is 4. The number of fused-ring (bicyclic) bond motifs is 5. The highest BCUT2D eigenvalue weighted by Gasteiger charge is 2.63. The monoisotopic (exact) mass is 709 g/mol. The molecule has 2 amide bonds. The van der Waals surface area contributed by atoms with Gasteiger partial charge in [-0.15, -0.1) is 0 Å². The molecule has 8 atom stereocenters. The van der Waals surface area contributed by atoms with E-state index < -0.39 is 36.2 Å². The third-order valence-electron chi connectivity index (χ3n) is 9.59. The van der Waals surface area contributed by atoms with Gasteiger partial charge in [-0.1, -0.05) is 42.3 Å². The van der Waals surface area contributed by atoms with Crippen LogP contribution in [0.15, 0.2) is 35.9 Å². The molecule has 1 aromatic carbocycles. The molecule has 3 aliphatic rings. The Morgan fingerprint density at radius 1 is 1.33 bits per heavy atom. The molecule has 2 saturated heterocycles. The van der Waals surface area contributed by atoms with Gasteiger partial charge < -0.3 is 38.4 Å². The van der Waals surface area contributed by atoms with Crippen molar-refractivity contribution in [1.29, 1.82) is 0 Å². The number of aliphatic hydroxyl groups excluding tert-OH is 1. The molecule has 0 spiro atoms. The first-order valence-corrected chi connectivity index (χ1v) is 17.5. The van der Waals surface area contributed by atoms with Crippen LogP contribution in [0.5, 0.6) is 5.75 Å². The summed E-state index contributed by atoms with van der Waals surface area (Å²) in [6.07, 6.45) is 4.69. The van der Waals surface area contributed by atoms with E-state index in [1.54, 1.807) is 20.9 Å². The van der Waals surface area contributed by atoms with E-state index in [9.17, 15) is 19.5 Å². The van der Waals surface area contributed by atoms with Crippen molar-refractivity contribution in [3.05, 3.63) is 46.5 Å². The van der Waals surface area contributed by atoms with Crippen molar-refractivity contribution in [3.8, 4) is 5.75 Å². The van der Waals surface area contributed by atoms with Gasteiger partial charge in [-0.25, -0.2) is 4.79 Å². The van der Waals surface area contributed by atoms with Gasteiger partial charge in [-0.2, -0.15) is 0 Å². The molecule has 0 radical (unpaired) electrons. The lowest BCUT2D eigenvalue weighted by molar-refractivity contribution is -0.200. The molecule has 3 aliphatic heterocycles. The van der Waals surface area contributed by atoms with Crippen LogP contribution in [0.2, 0.25) is 5.02 Å². The number of carbonyl (C=O) groups is 3. The number of aliphatic hydroxyl groups is 1. The summed E-state index contributed by atoms with van der Waals surface area (Å²) in [5.41, 5.74) is 1.34. The summed E-state index contributed by atoms with van der Waals surface area (Å²) in [7, 11) is 4.61. The molecule has 4 unspecified atom stereocenters. The summed E-state index contributed by atoms with van der Waals surface area (Å²) in [5.74, 6) is -1.04. The summed E-state index contributed by atoms with van der Waals surface area (Å²) in [6.45, 7) is 7.31. The zero-order valence-electron chi connectivity index (χ0n) is 28.6. The summed E-state index contributed by atoms with van der Waals surface area (Å²) in [6, 6.07) is 2.67. The van der Waals surface area contributed by atoms with Crippen LogP contribution in [0.4, 0.5) is 5.69 Å². The maximum absolute atomic E-state index is 14.0. The average molecular weight is 710 g/mol. The molecule has 3 heterocycles. The SMILES string of the molecule is COc1cc2cc(c1Cl)N(C)C(=O)C[C@H](OC(=O)[C@H](C)N(C)C(=O)CCSO)C1(C)OC1[C@H](C)C1C[C@H](C/C=C/C=C(\C)C2)NC(O)O1. The van der Waals surface area contributed by atoms with Crippen molar-refractivity contribution in [2.24, 2.45) is 5.92 Å². The Kier molecular flexibility index (Phi) is 13.0. The van der Waals surface area contributed by atoms with Crippen molar-refractivity contribution in [1.82, 2.24) is 10.2 Å². The molecule has 14 heteroatoms. The van der Waals surface area contributed by atoms with E-state index in [4.69, 9.17) is 35.1 Å². The van der Waals surface area contributed by atoms with E-state index in [1.165, 1.54) is 24.0 Å². The van der Waals surface area contributed by atoms with Crippen molar-refractivity contribution >= 4 is 47.1 Å². The Bertz CT molecular complexity index is 1410. The third-order valence-corrected chi connectivity index (χ3v) is 10.4. The second-order valence-corrected chi connectivity index (χ2v) is 14.1. The number of hydrogen-bond donors (Lipinski definition) is 3. The minimum atomic E-state index is -1.16. The number of nitrogens with zero attached hydrogens (tertiary/aromatic N) is 2. The van der Waals surface area contributed by atoms with Gasteiger partial charge in [0.15, 0.2) is 0 Å². The number of allylic oxidation sites excluding steroid dienone is 3. The smallest absolute Gasteiger partial charge is 0.328 e. The lowest BCUT2D eigenvalue weighted by Gasteiger charge is -2.37. The number of anilines is 1. The van der Waals surface area contributed by atoms with E-state index in [0.29, 0.717) is 42.7 Å². The van der Waals surface area contributed by atoms with Gasteiger partial charge >= 0.3 is 5.97 Å². The fraction of sp³-hybridized carbons (Fsp3) is 0.618. The Hall–Kier alpha value is -2.65. The van der Waals surface area contributed by atoms with Gasteiger partial charge in [0.1, 0.15) is 28.5 Å². The molecule has 4 rings (SSSR count). The molecular weight excluding hydrogens is 662 g/mol. The number of benzene rings is 1. The first kappa shape index (κ1) is 38.2. The lowest BCUT2D eigenvalue weighted by Crippen LogP contribution is -2.52. The summed E-state index contributed by atoms with van der Waals surface area (Å²) in [4.78, 5) is 42.8. The van der Waals surface area contributed by atoms with Crippen molar-refractivity contribution < 1.29 is 43.0 Å². The maximum atomic E-state index is 14.0. The minimum absolute atomic E-state index is 0.0416. The number of nitrogens with one attached hydrogen (secondary N) is 1. The lowest BCUT2D eigenvalue weighted by atomic mass is 9.85. The van der Waals surface area contributed by atoms with Crippen molar-refractivity contribution in [3.63, 3.8) is 0 Å². The number of halogens is 1. The molecule has 12 nitrogen and oxygen atoms in total. The van der Waals surface area contributed by atoms with Crippen LogP contribution < -0.4 is 15.0 Å². The minimum Gasteiger partial charge on any atom is -0.495 e. The fourth-order valence-corrected chi connectivity index (χ4v) is 6.92. The van der Waals surface area contributed by atoms with E-state index in [1.807, 2.05) is 44.2 Å². The topological polar surface area (TPSA) is 150 Å². The number of epoxide rings is 1. The van der Waals surface area contributed by atoms with Gasteiger partial charge in [0, 0.05) is 38.2 Å². The van der Waals surface area contributed by atoms with Gasteiger partial charge in [-0.05, 0) is 69.8 Å². The maximum Gasteiger partial charge on any atom is 0.328 e. The number of esters is 1. The van der Waals surface area contributed by atoms with Crippen LogP contribution in [0, 0.1) is 5.92 Å². The van der Waals surface area contributed by atoms with E-state index in [2.05, 4.69) is 5.32 Å². The van der Waals surface area contributed by atoms with E-state index in [-0.39, 0.29) is 53.5 Å². The number of likely N-dealkylation sites (N-methyl/N-ethyl adjacent to an activating group) is 1. The molecule has 1 aromatic rings. The molecule has 2 fully saturated rings. The summed E-state index contributed by atoms with van der Waals surface area (Å²) < 4.78 is 32.8. The Morgan fingerprint density at radius 2 is 2.06 bits per heavy atom. The van der Waals surface area contributed by atoms with Gasteiger partial charge in [0.25, 0.3) is 0 Å². The molecule has 266 valence electrons. The van der Waals surface area contributed by atoms with E-state index in [0.717, 1.165) is 11.1 Å². The molecular formula is C34H48ClN3O9S. The van der Waals surface area contributed by atoms with Gasteiger partial charge in [-0.3, -0.25) is 14.9 Å². The number of hydrogen-bond acceptors (Lipinski definition) is 11. The predicted octanol–water partition coefficient (Wildman–Crippen LogP) is 4.32. The average Bonchev–Trinajstić information content (AvgIpc) is 3.75. The Balaban J connectivity index is 1.70. The van der Waals surface area contributed by atoms with Gasteiger partial charge in [0.2, 0.25) is 18.2 Å². The van der Waals surface area contributed by atoms with Gasteiger partial charge in [0.05, 0.1) is 31.4 Å². The summed E-state index contributed by atoms with van der Waals surface area (Å²) >= 11 is 7.28. The number of carbonyl (C=O) groups excluding carboxylic acids is 3. The molecule has 3 N–H and O–H groups in total. The summed E-state index contributed by atoms with van der Waals surface area (Å²) in [5, 5.41) is 13.9. The molecule has 0 saturated carbocycles. The first-order chi connectivity index (χ1) is 22.7. The molecule has 0 aliphatic carbocycles. The largest absolute Gasteiger partial charge is 0.495 e. The van der Waals surface area contributed by atoms with Crippen LogP contribution in [0.25, 0.3) is 0 Å². The fourth-order valence-electron chi connectivity index (χ4n) is 6.34. The van der Waals surface area contributed by atoms with Crippen molar-refractivity contribution in [2.45, 2.75) is 102 Å². The van der Waals surface area contributed by atoms with E-state index >= 15 is 0 Å². The van der Waals surface area contributed by atoms with Crippen LogP contribution in [-0.2, 0) is 35.0 Å². The van der Waals surface area contributed by atoms with Crippen LogP contribution in [0.1, 0.15) is 58.9 Å². The Labute approximate surface area is 291 Å². The number of rotatable bonds is 7. The normalized spacial score (nSPS) is 31.9. The number of amides is 2. The zero-order chi connectivity index (χ0) is 35.3. The second-order valence-electron chi connectivity index (χ2n) is 13.0. The quantitative estimate of drug-likeness (QED) is 0.211. The van der Waals surface area contributed by atoms with Crippen LogP contribution >= 0.6 is 23.6 Å². The van der Waals surface area contributed by atoms with Crippen LogP contribution in [0.3, 0.4) is 0 Å². The molecule has 4 bridgehead atoms. The van der Waals surface area contributed by atoms with Crippen molar-refractivity contribution in [2.75, 3.05) is 31.9 Å². The standard InChI is InChI=1S/C34H48ClN3O9S/c1-19-10-8-9-11-23-17-25(45-33(42)36-23)20(2)31-34(4,47-31)27(46-32(41)21(3)37(5)28(39)12-13-48-43)18-29(40)38(6)24-15-22(14-19)16-26(44-7)30(24)35/h8-10,15-16,20-21,23,25,27,31,33,36,42-43H,11-14,17-18H2,1-7H3/b9-8+,19-10+/t20-,21+,23+,25?,27+,31?,33?,34?/m1/s1. The highest BCUT2D eigenvalue weighted by atomic mass is 35.5. The Morgan fingerprint density at radius 3 is 2.75 bits per heavy atom. The highest BCUT2D eigenvalue weighted by Crippen LogP contribution is 2.49.